The Hall–Kier alpha value is -2.08. The maximum Gasteiger partial charge on any atom is 0.315 e. The van der Waals surface area contributed by atoms with Gasteiger partial charge in [0.2, 0.25) is 0 Å². The maximum absolute atomic E-state index is 11.7. The minimum Gasteiger partial charge on any atom is -0.481 e. The highest BCUT2D eigenvalue weighted by molar-refractivity contribution is 5.74. The van der Waals surface area contributed by atoms with Crippen LogP contribution in [0.1, 0.15) is 25.0 Å². The van der Waals surface area contributed by atoms with Gasteiger partial charge in [-0.1, -0.05) is 24.3 Å². The summed E-state index contributed by atoms with van der Waals surface area (Å²) in [5.41, 5.74) is 1.50. The molecule has 0 radical (unpaired) electrons. The Bertz CT molecular complexity index is 476. The molecule has 0 fully saturated rings. The first-order valence-electron chi connectivity index (χ1n) is 6.93. The molecule has 3 N–H and O–H groups in total. The molecule has 1 rings (SSSR count). The van der Waals surface area contributed by atoms with E-state index in [-0.39, 0.29) is 25.0 Å². The van der Waals surface area contributed by atoms with E-state index in [0.29, 0.717) is 18.8 Å². The number of carboxylic acids is 1. The zero-order valence-electron chi connectivity index (χ0n) is 12.4. The van der Waals surface area contributed by atoms with E-state index >= 15 is 0 Å². The van der Waals surface area contributed by atoms with Crippen LogP contribution >= 0.6 is 0 Å². The Morgan fingerprint density at radius 2 is 1.95 bits per heavy atom. The number of ether oxygens (including phenoxy) is 1. The lowest BCUT2D eigenvalue weighted by atomic mass is 10.0. The highest BCUT2D eigenvalue weighted by Crippen LogP contribution is 2.09. The molecular formula is C15H22N2O4. The molecule has 0 heterocycles. The van der Waals surface area contributed by atoms with Gasteiger partial charge in [0.05, 0.1) is 19.1 Å². The van der Waals surface area contributed by atoms with Crippen molar-refractivity contribution in [2.24, 2.45) is 0 Å². The molecule has 0 aliphatic carbocycles. The third-order valence-electron chi connectivity index (χ3n) is 2.85. The van der Waals surface area contributed by atoms with E-state index in [9.17, 15) is 9.59 Å². The largest absolute Gasteiger partial charge is 0.481 e. The first-order chi connectivity index (χ1) is 10.0. The van der Waals surface area contributed by atoms with Crippen molar-refractivity contribution in [2.45, 2.75) is 32.9 Å². The fraction of sp³-hybridized carbons (Fsp3) is 0.467. The Balaban J connectivity index is 2.47. The van der Waals surface area contributed by atoms with Gasteiger partial charge >= 0.3 is 12.0 Å². The number of rotatable bonds is 8. The second-order valence-corrected chi connectivity index (χ2v) is 4.73. The molecule has 0 saturated heterocycles. The van der Waals surface area contributed by atoms with Crippen LogP contribution in [0.4, 0.5) is 4.79 Å². The molecule has 0 bridgehead atoms. The Morgan fingerprint density at radius 3 is 2.57 bits per heavy atom. The molecule has 6 nitrogen and oxygen atoms in total. The number of urea groups is 1. The van der Waals surface area contributed by atoms with Gasteiger partial charge < -0.3 is 20.5 Å². The van der Waals surface area contributed by atoms with Crippen LogP contribution in [-0.2, 0) is 22.5 Å². The number of carboxylic acid groups (broad SMARTS) is 1. The molecular weight excluding hydrogens is 272 g/mol. The lowest BCUT2D eigenvalue weighted by molar-refractivity contribution is -0.136. The molecule has 0 saturated carbocycles. The summed E-state index contributed by atoms with van der Waals surface area (Å²) in [4.78, 5) is 22.5. The predicted octanol–water partition coefficient (Wildman–Crippen LogP) is 1.54. The van der Waals surface area contributed by atoms with Gasteiger partial charge in [-0.3, -0.25) is 4.79 Å². The van der Waals surface area contributed by atoms with Crippen LogP contribution in [0, 0.1) is 0 Å². The van der Waals surface area contributed by atoms with Crippen LogP contribution in [0.2, 0.25) is 0 Å². The Morgan fingerprint density at radius 1 is 1.29 bits per heavy atom. The van der Waals surface area contributed by atoms with Crippen LogP contribution in [0.5, 0.6) is 0 Å². The zero-order chi connectivity index (χ0) is 15.7. The molecule has 1 unspecified atom stereocenters. The lowest BCUT2D eigenvalue weighted by Gasteiger charge is -2.15. The van der Waals surface area contributed by atoms with Crippen LogP contribution in [0.15, 0.2) is 24.3 Å². The number of nitrogens with one attached hydrogen (secondary N) is 2. The lowest BCUT2D eigenvalue weighted by Crippen LogP contribution is -2.42. The number of carbonyl (C=O) groups excluding carboxylic acids is 1. The van der Waals surface area contributed by atoms with E-state index in [1.54, 1.807) is 12.1 Å². The van der Waals surface area contributed by atoms with Crippen molar-refractivity contribution in [1.29, 1.82) is 0 Å². The molecule has 6 heteroatoms. The fourth-order valence-corrected chi connectivity index (χ4v) is 1.85. The molecule has 116 valence electrons. The highest BCUT2D eigenvalue weighted by atomic mass is 16.5. The summed E-state index contributed by atoms with van der Waals surface area (Å²) < 4.78 is 5.21. The minimum absolute atomic E-state index is 0.0553. The van der Waals surface area contributed by atoms with Crippen LogP contribution < -0.4 is 10.6 Å². The molecule has 1 aromatic carbocycles. The molecule has 0 aliphatic heterocycles. The van der Waals surface area contributed by atoms with Gasteiger partial charge in [0.1, 0.15) is 0 Å². The second-order valence-electron chi connectivity index (χ2n) is 4.73. The van der Waals surface area contributed by atoms with Crippen LogP contribution in [-0.4, -0.2) is 36.4 Å². The number of hydrogen-bond acceptors (Lipinski definition) is 3. The summed E-state index contributed by atoms with van der Waals surface area (Å²) in [6.07, 6.45) is -0.0553. The SMILES string of the molecule is CCOCC(C)NC(=O)NCc1ccccc1CC(=O)O. The maximum atomic E-state index is 11.7. The quantitative estimate of drug-likeness (QED) is 0.678. The van der Waals surface area contributed by atoms with Gasteiger partial charge in [-0.15, -0.1) is 0 Å². The van der Waals surface area contributed by atoms with E-state index < -0.39 is 5.97 Å². The number of benzene rings is 1. The topological polar surface area (TPSA) is 87.7 Å². The molecule has 21 heavy (non-hydrogen) atoms. The van der Waals surface area contributed by atoms with Crippen LogP contribution in [0.3, 0.4) is 0 Å². The van der Waals surface area contributed by atoms with E-state index in [4.69, 9.17) is 9.84 Å². The Labute approximate surface area is 124 Å². The standard InChI is InChI=1S/C15H22N2O4/c1-3-21-10-11(2)17-15(20)16-9-13-7-5-4-6-12(13)8-14(18)19/h4-7,11H,3,8-10H2,1-2H3,(H,18,19)(H2,16,17,20). The third-order valence-corrected chi connectivity index (χ3v) is 2.85. The van der Waals surface area contributed by atoms with E-state index in [1.165, 1.54) is 0 Å². The van der Waals surface area contributed by atoms with E-state index in [0.717, 1.165) is 5.56 Å². The molecule has 0 aromatic heterocycles. The number of carbonyl (C=O) groups is 2. The highest BCUT2D eigenvalue weighted by Gasteiger charge is 2.09. The van der Waals surface area contributed by atoms with E-state index in [1.807, 2.05) is 26.0 Å². The Kier molecular flexibility index (Phi) is 7.25. The van der Waals surface area contributed by atoms with Crippen molar-refractivity contribution >= 4 is 12.0 Å². The van der Waals surface area contributed by atoms with E-state index in [2.05, 4.69) is 10.6 Å². The van der Waals surface area contributed by atoms with Crippen LogP contribution in [0.25, 0.3) is 0 Å². The molecule has 2 amide bonds. The smallest absolute Gasteiger partial charge is 0.315 e. The molecule has 1 atom stereocenters. The molecule has 0 spiro atoms. The monoisotopic (exact) mass is 294 g/mol. The van der Waals surface area contributed by atoms with Gasteiger partial charge in [0, 0.05) is 13.2 Å². The average molecular weight is 294 g/mol. The summed E-state index contributed by atoms with van der Waals surface area (Å²) in [5.74, 6) is -0.891. The predicted molar refractivity (Wildman–Crippen MR) is 79.1 cm³/mol. The summed E-state index contributed by atoms with van der Waals surface area (Å²) in [5, 5.41) is 14.3. The third kappa shape index (κ3) is 6.76. The second kappa shape index (κ2) is 8.97. The minimum atomic E-state index is -0.891. The van der Waals surface area contributed by atoms with Gasteiger partial charge in [-0.05, 0) is 25.0 Å². The number of amides is 2. The van der Waals surface area contributed by atoms with Crippen molar-refractivity contribution < 1.29 is 19.4 Å². The fourth-order valence-electron chi connectivity index (χ4n) is 1.85. The normalized spacial score (nSPS) is 11.7. The number of aliphatic carboxylic acids is 1. The van der Waals surface area contributed by atoms with Gasteiger partial charge in [0.15, 0.2) is 0 Å². The van der Waals surface area contributed by atoms with Gasteiger partial charge in [-0.25, -0.2) is 4.79 Å². The molecule has 1 aromatic rings. The molecule has 0 aliphatic rings. The van der Waals surface area contributed by atoms with Crippen molar-refractivity contribution in [3.05, 3.63) is 35.4 Å². The average Bonchev–Trinajstić information content (AvgIpc) is 2.43. The summed E-state index contributed by atoms with van der Waals surface area (Å²) in [6, 6.07) is 6.78. The van der Waals surface area contributed by atoms with Crippen molar-refractivity contribution in [2.75, 3.05) is 13.2 Å². The summed E-state index contributed by atoms with van der Waals surface area (Å²) in [6.45, 7) is 5.10. The first-order valence-corrected chi connectivity index (χ1v) is 6.93. The summed E-state index contributed by atoms with van der Waals surface area (Å²) >= 11 is 0. The van der Waals surface area contributed by atoms with Gasteiger partial charge in [-0.2, -0.15) is 0 Å². The van der Waals surface area contributed by atoms with Crippen molar-refractivity contribution in [1.82, 2.24) is 10.6 Å². The van der Waals surface area contributed by atoms with Crippen molar-refractivity contribution in [3.63, 3.8) is 0 Å². The summed E-state index contributed by atoms with van der Waals surface area (Å²) in [7, 11) is 0. The first kappa shape index (κ1) is 17.0. The van der Waals surface area contributed by atoms with Gasteiger partial charge in [0.25, 0.3) is 0 Å². The number of hydrogen-bond donors (Lipinski definition) is 3. The van der Waals surface area contributed by atoms with Crippen molar-refractivity contribution in [3.8, 4) is 0 Å². The zero-order valence-corrected chi connectivity index (χ0v) is 12.4.